The Balaban J connectivity index is 3.99. The Hall–Kier alpha value is -1.93. The number of esters is 1. The van der Waals surface area contributed by atoms with Gasteiger partial charge in [0.05, 0.1) is 33.7 Å². The van der Waals surface area contributed by atoms with Gasteiger partial charge in [0.2, 0.25) is 0 Å². The number of hydrogen-bond acceptors (Lipinski definition) is 6. The lowest BCUT2D eigenvalue weighted by Gasteiger charge is -2.29. The maximum absolute atomic E-state index is 12.0. The summed E-state index contributed by atoms with van der Waals surface area (Å²) in [7, 11) is 5.60. The SMILES string of the molecule is C[N+](C)(C)CC(CC(=O)[O-])OC(=O)CC(O)C/C=C/CCCCCCCC(=O)O. The lowest BCUT2D eigenvalue weighted by molar-refractivity contribution is -0.873. The fourth-order valence-electron chi connectivity index (χ4n) is 2.89. The van der Waals surface area contributed by atoms with E-state index < -0.39 is 30.1 Å². The van der Waals surface area contributed by atoms with E-state index in [4.69, 9.17) is 9.84 Å². The van der Waals surface area contributed by atoms with Crippen molar-refractivity contribution in [2.75, 3.05) is 27.7 Å². The molecule has 0 aliphatic carbocycles. The second kappa shape index (κ2) is 15.0. The van der Waals surface area contributed by atoms with E-state index in [1.807, 2.05) is 33.3 Å². The Morgan fingerprint density at radius 1 is 1.00 bits per heavy atom. The third kappa shape index (κ3) is 19.2. The molecular formula is C21H37NO7. The number of carbonyl (C=O) groups is 3. The first-order chi connectivity index (χ1) is 13.5. The van der Waals surface area contributed by atoms with Crippen molar-refractivity contribution in [2.24, 2.45) is 0 Å². The normalized spacial score (nSPS) is 13.9. The van der Waals surface area contributed by atoms with Crippen LogP contribution in [0, 0.1) is 0 Å². The highest BCUT2D eigenvalue weighted by molar-refractivity contribution is 5.71. The van der Waals surface area contributed by atoms with Crippen molar-refractivity contribution in [1.29, 1.82) is 0 Å². The van der Waals surface area contributed by atoms with Gasteiger partial charge in [-0.1, -0.05) is 31.4 Å². The highest BCUT2D eigenvalue weighted by Gasteiger charge is 2.23. The molecule has 0 radical (unpaired) electrons. The van der Waals surface area contributed by atoms with Crippen molar-refractivity contribution in [3.8, 4) is 0 Å². The fraction of sp³-hybridized carbons (Fsp3) is 0.762. The predicted octanol–water partition coefficient (Wildman–Crippen LogP) is 1.26. The summed E-state index contributed by atoms with van der Waals surface area (Å²) in [6.07, 6.45) is 7.67. The van der Waals surface area contributed by atoms with Gasteiger partial charge in [-0.15, -0.1) is 0 Å². The van der Waals surface area contributed by atoms with E-state index in [9.17, 15) is 24.6 Å². The second-order valence-corrected chi connectivity index (χ2v) is 8.43. The van der Waals surface area contributed by atoms with E-state index in [2.05, 4.69) is 0 Å². The highest BCUT2D eigenvalue weighted by atomic mass is 16.5. The van der Waals surface area contributed by atoms with Crippen molar-refractivity contribution in [3.63, 3.8) is 0 Å². The molecule has 0 rings (SSSR count). The number of aliphatic hydroxyl groups is 1. The molecule has 0 bridgehead atoms. The van der Waals surface area contributed by atoms with Crippen LogP contribution < -0.4 is 5.11 Å². The van der Waals surface area contributed by atoms with Gasteiger partial charge in [-0.3, -0.25) is 9.59 Å². The predicted molar refractivity (Wildman–Crippen MR) is 107 cm³/mol. The summed E-state index contributed by atoms with van der Waals surface area (Å²) >= 11 is 0. The number of rotatable bonds is 17. The first-order valence-electron chi connectivity index (χ1n) is 10.2. The summed E-state index contributed by atoms with van der Waals surface area (Å²) in [4.78, 5) is 33.2. The van der Waals surface area contributed by atoms with Gasteiger partial charge in [-0.2, -0.15) is 0 Å². The van der Waals surface area contributed by atoms with Gasteiger partial charge in [0.25, 0.3) is 0 Å². The number of aliphatic hydroxyl groups excluding tert-OH is 1. The molecule has 0 heterocycles. The second-order valence-electron chi connectivity index (χ2n) is 8.43. The van der Waals surface area contributed by atoms with Crippen LogP contribution in [0.4, 0.5) is 0 Å². The van der Waals surface area contributed by atoms with E-state index in [-0.39, 0.29) is 19.3 Å². The van der Waals surface area contributed by atoms with Crippen molar-refractivity contribution in [1.82, 2.24) is 0 Å². The molecule has 0 aromatic rings. The third-order valence-electron chi connectivity index (χ3n) is 4.18. The number of carboxylic acid groups (broad SMARTS) is 2. The zero-order valence-corrected chi connectivity index (χ0v) is 18.0. The Bertz CT molecular complexity index is 526. The molecule has 2 atom stereocenters. The lowest BCUT2D eigenvalue weighted by Crippen LogP contribution is -2.45. The van der Waals surface area contributed by atoms with Crippen molar-refractivity contribution < 1.29 is 38.9 Å². The van der Waals surface area contributed by atoms with E-state index in [1.165, 1.54) is 0 Å². The minimum atomic E-state index is -1.28. The molecule has 0 aromatic carbocycles. The Labute approximate surface area is 173 Å². The van der Waals surface area contributed by atoms with Gasteiger partial charge in [0.15, 0.2) is 6.10 Å². The fourth-order valence-corrected chi connectivity index (χ4v) is 2.89. The van der Waals surface area contributed by atoms with Crippen LogP contribution in [0.3, 0.4) is 0 Å². The zero-order chi connectivity index (χ0) is 22.3. The molecule has 2 N–H and O–H groups in total. The molecule has 8 nitrogen and oxygen atoms in total. The van der Waals surface area contributed by atoms with Crippen LogP contribution in [0.25, 0.3) is 0 Å². The van der Waals surface area contributed by atoms with Gasteiger partial charge in [-0.05, 0) is 25.7 Å². The summed E-state index contributed by atoms with van der Waals surface area (Å²) in [5.74, 6) is -2.65. The number of nitrogens with zero attached hydrogens (tertiary/aromatic N) is 1. The monoisotopic (exact) mass is 415 g/mol. The lowest BCUT2D eigenvalue weighted by atomic mass is 10.1. The number of unbranched alkanes of at least 4 members (excludes halogenated alkanes) is 5. The summed E-state index contributed by atoms with van der Waals surface area (Å²) in [5.41, 5.74) is 0. The molecule has 8 heteroatoms. The van der Waals surface area contributed by atoms with E-state index in [0.717, 1.165) is 32.1 Å². The van der Waals surface area contributed by atoms with Crippen LogP contribution in [0.1, 0.15) is 64.2 Å². The third-order valence-corrected chi connectivity index (χ3v) is 4.18. The molecule has 0 amide bonds. The van der Waals surface area contributed by atoms with Crippen LogP contribution in [0.2, 0.25) is 0 Å². The highest BCUT2D eigenvalue weighted by Crippen LogP contribution is 2.10. The summed E-state index contributed by atoms with van der Waals surface area (Å²) in [6, 6.07) is 0. The van der Waals surface area contributed by atoms with E-state index >= 15 is 0 Å². The summed E-state index contributed by atoms with van der Waals surface area (Å²) in [6.45, 7) is 0.339. The smallest absolute Gasteiger partial charge is 0.308 e. The number of likely N-dealkylation sites (N-methyl/N-ethyl adjacent to an activating group) is 1. The Morgan fingerprint density at radius 3 is 2.21 bits per heavy atom. The molecular weight excluding hydrogens is 378 g/mol. The molecule has 0 fully saturated rings. The van der Waals surface area contributed by atoms with Gasteiger partial charge in [-0.25, -0.2) is 0 Å². The van der Waals surface area contributed by atoms with Gasteiger partial charge in [0.1, 0.15) is 6.54 Å². The first-order valence-corrected chi connectivity index (χ1v) is 10.2. The van der Waals surface area contributed by atoms with Gasteiger partial charge < -0.3 is 29.3 Å². The molecule has 0 aliphatic heterocycles. The molecule has 0 aromatic heterocycles. The molecule has 0 saturated heterocycles. The average Bonchev–Trinajstić information content (AvgIpc) is 2.53. The average molecular weight is 416 g/mol. The van der Waals surface area contributed by atoms with Gasteiger partial charge >= 0.3 is 11.9 Å². The Morgan fingerprint density at radius 2 is 1.62 bits per heavy atom. The maximum Gasteiger partial charge on any atom is 0.308 e. The van der Waals surface area contributed by atoms with Crippen molar-refractivity contribution in [2.45, 2.75) is 76.4 Å². The van der Waals surface area contributed by atoms with E-state index in [1.54, 1.807) is 0 Å². The Kier molecular flexibility index (Phi) is 14.0. The van der Waals surface area contributed by atoms with Crippen molar-refractivity contribution in [3.05, 3.63) is 12.2 Å². The van der Waals surface area contributed by atoms with Crippen LogP contribution >= 0.6 is 0 Å². The van der Waals surface area contributed by atoms with Crippen molar-refractivity contribution >= 4 is 17.9 Å². The molecule has 0 saturated carbocycles. The minimum Gasteiger partial charge on any atom is -0.550 e. The van der Waals surface area contributed by atoms with Crippen LogP contribution in [0.5, 0.6) is 0 Å². The van der Waals surface area contributed by atoms with Crippen LogP contribution in [-0.2, 0) is 19.1 Å². The molecule has 0 spiro atoms. The molecule has 0 aliphatic rings. The summed E-state index contributed by atoms with van der Waals surface area (Å²) in [5, 5.41) is 29.3. The van der Waals surface area contributed by atoms with Gasteiger partial charge in [0, 0.05) is 18.8 Å². The van der Waals surface area contributed by atoms with Crippen LogP contribution in [-0.4, -0.2) is 72.5 Å². The number of hydrogen-bond donors (Lipinski definition) is 2. The molecule has 168 valence electrons. The zero-order valence-electron chi connectivity index (χ0n) is 18.0. The number of ether oxygens (including phenoxy) is 1. The van der Waals surface area contributed by atoms with Crippen LogP contribution in [0.15, 0.2) is 12.2 Å². The van der Waals surface area contributed by atoms with E-state index in [0.29, 0.717) is 23.9 Å². The number of carbonyl (C=O) groups excluding carboxylic acids is 2. The number of quaternary nitrogens is 1. The standard InChI is InChI=1S/C21H37NO7/c1-22(2,3)16-18(15-20(26)27)29-21(28)14-17(23)12-10-8-6-4-5-7-9-11-13-19(24)25/h8,10,17-18,23H,4-7,9,11-16H2,1-3H3,(H-,24,25,26,27)/b10-8+. The number of carboxylic acids is 2. The number of allylic oxidation sites excluding steroid dienone is 1. The first kappa shape index (κ1) is 27.1. The molecule has 2 unspecified atom stereocenters. The quantitative estimate of drug-likeness (QED) is 0.159. The minimum absolute atomic E-state index is 0.186. The summed E-state index contributed by atoms with van der Waals surface area (Å²) < 4.78 is 5.66. The number of aliphatic carboxylic acids is 2. The molecule has 29 heavy (non-hydrogen) atoms. The largest absolute Gasteiger partial charge is 0.550 e. The maximum atomic E-state index is 12.0. The topological polar surface area (TPSA) is 124 Å².